The lowest BCUT2D eigenvalue weighted by atomic mass is 10.0. The van der Waals surface area contributed by atoms with Crippen molar-refractivity contribution in [2.75, 3.05) is 13.7 Å². The molecule has 1 heterocycles. The van der Waals surface area contributed by atoms with Crippen LogP contribution in [0.3, 0.4) is 0 Å². The van der Waals surface area contributed by atoms with E-state index < -0.39 is 46.8 Å². The number of methoxy groups -OCH3 is 1. The molecule has 3 rings (SSSR count). The fraction of sp³-hybridized carbons (Fsp3) is 0.250. The molecule has 0 bridgehead atoms. The summed E-state index contributed by atoms with van der Waals surface area (Å²) in [5.74, 6) is -1.07. The summed E-state index contributed by atoms with van der Waals surface area (Å²) in [6, 6.07) is 12.8. The number of hydrogen-bond acceptors (Lipinski definition) is 7. The van der Waals surface area contributed by atoms with Gasteiger partial charge >= 0.3 is 16.4 Å². The number of hydrogen-bond donors (Lipinski definition) is 3. The Hall–Kier alpha value is -3.64. The summed E-state index contributed by atoms with van der Waals surface area (Å²) >= 11 is 0. The van der Waals surface area contributed by atoms with Gasteiger partial charge in [-0.15, -0.1) is 0 Å². The standard InChI is InChI=1S/C20H21N3O8S/c1-30-15-9-7-13(8-10-15)12-31-20(26)22-17(14-5-3-2-4-6-14)18(24)21-16-11-23(19(16)25)32(27,28)29/h2-10,16-17H,11-12H2,1H3,(H,21,24)(H,22,26)(H,27,28,29)/t16-,17?/m0/s1. The minimum Gasteiger partial charge on any atom is -0.497 e. The molecule has 1 unspecified atom stereocenters. The Bertz CT molecular complexity index is 1090. The fourth-order valence-electron chi connectivity index (χ4n) is 2.94. The van der Waals surface area contributed by atoms with E-state index in [0.29, 0.717) is 16.9 Å². The third-order valence-corrected chi connectivity index (χ3v) is 5.56. The van der Waals surface area contributed by atoms with E-state index in [9.17, 15) is 22.8 Å². The van der Waals surface area contributed by atoms with E-state index in [-0.39, 0.29) is 10.9 Å². The predicted octanol–water partition coefficient (Wildman–Crippen LogP) is 0.793. The maximum Gasteiger partial charge on any atom is 0.408 e. The number of alkyl carbamates (subject to hydrolysis) is 1. The molecule has 1 saturated heterocycles. The second kappa shape index (κ2) is 9.66. The molecular formula is C20H21N3O8S. The number of benzene rings is 2. The van der Waals surface area contributed by atoms with Gasteiger partial charge in [-0.05, 0) is 23.3 Å². The summed E-state index contributed by atoms with van der Waals surface area (Å²) < 4.78 is 41.5. The van der Waals surface area contributed by atoms with Crippen LogP contribution in [0.5, 0.6) is 5.75 Å². The molecule has 0 radical (unpaired) electrons. The maximum absolute atomic E-state index is 12.8. The molecule has 0 spiro atoms. The minimum absolute atomic E-state index is 0.0522. The number of β-lactam (4-membered cyclic amide) rings is 1. The van der Waals surface area contributed by atoms with Crippen LogP contribution in [0.25, 0.3) is 0 Å². The summed E-state index contributed by atoms with van der Waals surface area (Å²) in [5, 5.41) is 4.81. The highest BCUT2D eigenvalue weighted by Gasteiger charge is 2.45. The summed E-state index contributed by atoms with van der Waals surface area (Å²) in [6.07, 6.45) is -0.871. The first kappa shape index (κ1) is 23.0. The lowest BCUT2D eigenvalue weighted by Gasteiger charge is -2.36. The Morgan fingerprint density at radius 3 is 2.38 bits per heavy atom. The largest absolute Gasteiger partial charge is 0.497 e. The Labute approximate surface area is 184 Å². The van der Waals surface area contributed by atoms with Crippen LogP contribution < -0.4 is 15.4 Å². The number of amides is 3. The minimum atomic E-state index is -4.68. The Kier molecular flexibility index (Phi) is 6.95. The van der Waals surface area contributed by atoms with E-state index in [1.807, 2.05) is 0 Å². The Balaban J connectivity index is 1.63. The van der Waals surface area contributed by atoms with Crippen molar-refractivity contribution >= 4 is 28.2 Å². The van der Waals surface area contributed by atoms with E-state index >= 15 is 0 Å². The zero-order valence-electron chi connectivity index (χ0n) is 16.9. The molecule has 2 aromatic carbocycles. The van der Waals surface area contributed by atoms with Gasteiger partial charge in [0.1, 0.15) is 24.4 Å². The highest BCUT2D eigenvalue weighted by atomic mass is 32.2. The van der Waals surface area contributed by atoms with E-state index in [1.54, 1.807) is 54.6 Å². The topological polar surface area (TPSA) is 151 Å². The van der Waals surface area contributed by atoms with Gasteiger partial charge in [0.15, 0.2) is 0 Å². The van der Waals surface area contributed by atoms with Crippen LogP contribution >= 0.6 is 0 Å². The Morgan fingerprint density at radius 2 is 1.81 bits per heavy atom. The van der Waals surface area contributed by atoms with Gasteiger partial charge in [-0.1, -0.05) is 42.5 Å². The fourth-order valence-corrected chi connectivity index (χ4v) is 3.63. The zero-order valence-corrected chi connectivity index (χ0v) is 17.7. The second-order valence-electron chi connectivity index (χ2n) is 6.82. The summed E-state index contributed by atoms with van der Waals surface area (Å²) in [4.78, 5) is 37.0. The molecule has 0 saturated carbocycles. The average molecular weight is 463 g/mol. The molecule has 0 aliphatic carbocycles. The number of carbonyl (C=O) groups is 3. The van der Waals surface area contributed by atoms with Crippen LogP contribution in [-0.2, 0) is 31.2 Å². The predicted molar refractivity (Wildman–Crippen MR) is 111 cm³/mol. The SMILES string of the molecule is COc1ccc(COC(=O)NC(C(=O)N[C@H]2CN(S(=O)(=O)O)C2=O)c2ccccc2)cc1. The van der Waals surface area contributed by atoms with Gasteiger partial charge in [0, 0.05) is 0 Å². The third-order valence-electron chi connectivity index (χ3n) is 4.67. The molecule has 12 heteroatoms. The van der Waals surface area contributed by atoms with Gasteiger partial charge in [-0.25, -0.2) is 9.10 Å². The van der Waals surface area contributed by atoms with Crippen molar-refractivity contribution in [1.29, 1.82) is 0 Å². The van der Waals surface area contributed by atoms with Crippen LogP contribution in [0.1, 0.15) is 17.2 Å². The molecule has 2 aromatic rings. The molecule has 11 nitrogen and oxygen atoms in total. The van der Waals surface area contributed by atoms with E-state index in [1.165, 1.54) is 7.11 Å². The quantitative estimate of drug-likeness (QED) is 0.384. The van der Waals surface area contributed by atoms with Gasteiger partial charge in [0.05, 0.1) is 13.7 Å². The smallest absolute Gasteiger partial charge is 0.408 e. The van der Waals surface area contributed by atoms with Gasteiger partial charge in [-0.3, -0.25) is 14.1 Å². The molecule has 170 valence electrons. The van der Waals surface area contributed by atoms with Crippen LogP contribution in [0.15, 0.2) is 54.6 Å². The average Bonchev–Trinajstić information content (AvgIpc) is 2.78. The first-order valence-electron chi connectivity index (χ1n) is 9.39. The third kappa shape index (κ3) is 5.53. The van der Waals surface area contributed by atoms with Crippen LogP contribution in [0.2, 0.25) is 0 Å². The molecule has 3 amide bonds. The lowest BCUT2D eigenvalue weighted by molar-refractivity contribution is -0.141. The number of nitrogens with zero attached hydrogens (tertiary/aromatic N) is 1. The summed E-state index contributed by atoms with van der Waals surface area (Å²) in [7, 11) is -3.15. The van der Waals surface area contributed by atoms with Gasteiger partial charge in [0.25, 0.3) is 5.91 Å². The van der Waals surface area contributed by atoms with Gasteiger partial charge < -0.3 is 20.1 Å². The molecule has 0 aromatic heterocycles. The lowest BCUT2D eigenvalue weighted by Crippen LogP contribution is -2.66. The molecule has 1 aliphatic rings. The molecule has 1 aliphatic heterocycles. The van der Waals surface area contributed by atoms with Crippen molar-refractivity contribution in [2.24, 2.45) is 0 Å². The van der Waals surface area contributed by atoms with Crippen molar-refractivity contribution in [3.8, 4) is 5.75 Å². The number of carbonyl (C=O) groups excluding carboxylic acids is 3. The first-order valence-corrected chi connectivity index (χ1v) is 10.8. The van der Waals surface area contributed by atoms with E-state index in [2.05, 4.69) is 10.6 Å². The molecule has 2 atom stereocenters. The van der Waals surface area contributed by atoms with Crippen LogP contribution in [0, 0.1) is 0 Å². The van der Waals surface area contributed by atoms with Crippen molar-refractivity contribution in [1.82, 2.24) is 14.9 Å². The zero-order chi connectivity index (χ0) is 23.3. The van der Waals surface area contributed by atoms with Crippen molar-refractivity contribution in [2.45, 2.75) is 18.7 Å². The highest BCUT2D eigenvalue weighted by molar-refractivity contribution is 7.84. The molecule has 1 fully saturated rings. The van der Waals surface area contributed by atoms with Crippen molar-refractivity contribution in [3.63, 3.8) is 0 Å². The van der Waals surface area contributed by atoms with Crippen LogP contribution in [0.4, 0.5) is 4.79 Å². The van der Waals surface area contributed by atoms with Crippen molar-refractivity contribution < 1.29 is 36.8 Å². The molecule has 32 heavy (non-hydrogen) atoms. The molecule has 3 N–H and O–H groups in total. The first-order chi connectivity index (χ1) is 15.2. The number of nitrogens with one attached hydrogen (secondary N) is 2. The van der Waals surface area contributed by atoms with E-state index in [0.717, 1.165) is 0 Å². The second-order valence-corrected chi connectivity index (χ2v) is 8.16. The summed E-state index contributed by atoms with van der Waals surface area (Å²) in [5.41, 5.74) is 1.12. The maximum atomic E-state index is 12.8. The highest BCUT2D eigenvalue weighted by Crippen LogP contribution is 2.18. The van der Waals surface area contributed by atoms with Crippen molar-refractivity contribution in [3.05, 3.63) is 65.7 Å². The summed E-state index contributed by atoms with van der Waals surface area (Å²) in [6.45, 7) is -0.462. The Morgan fingerprint density at radius 1 is 1.16 bits per heavy atom. The van der Waals surface area contributed by atoms with Gasteiger partial charge in [0.2, 0.25) is 5.91 Å². The number of rotatable bonds is 8. The van der Waals surface area contributed by atoms with E-state index in [4.69, 9.17) is 14.0 Å². The monoisotopic (exact) mass is 463 g/mol. The normalized spacial score (nSPS) is 16.5. The van der Waals surface area contributed by atoms with Gasteiger partial charge in [-0.2, -0.15) is 8.42 Å². The molecular weight excluding hydrogens is 442 g/mol. The number of ether oxygens (including phenoxy) is 2. The van der Waals surface area contributed by atoms with Crippen LogP contribution in [-0.4, -0.2) is 54.9 Å².